The van der Waals surface area contributed by atoms with Crippen LogP contribution in [0.3, 0.4) is 0 Å². The van der Waals surface area contributed by atoms with Gasteiger partial charge in [0.15, 0.2) is 0 Å². The average molecular weight is 209 g/mol. The van der Waals surface area contributed by atoms with Gasteiger partial charge in [-0.2, -0.15) is 0 Å². The Hall–Kier alpha value is -0.380. The summed E-state index contributed by atoms with van der Waals surface area (Å²) in [6, 6.07) is 0. The number of hydrogen-bond acceptors (Lipinski definition) is 5. The summed E-state index contributed by atoms with van der Waals surface area (Å²) in [5.74, 6) is 0. The molecule has 0 rings (SSSR count). The summed E-state index contributed by atoms with van der Waals surface area (Å²) in [5.41, 5.74) is 0. The highest BCUT2D eigenvalue weighted by atomic mass is 31.2. The quantitative estimate of drug-likeness (QED) is 0.365. The molecule has 0 fully saturated rings. The molecule has 0 aliphatic rings. The maximum Gasteiger partial charge on any atom is 0.336 e. The molecule has 0 spiro atoms. The smallest absolute Gasteiger partial charge is 0.336 e. The van der Waals surface area contributed by atoms with Crippen LogP contribution in [0.4, 0.5) is 0 Å². The fraction of sp³-hybridized carbons (Fsp3) is 0.857. The van der Waals surface area contributed by atoms with E-state index >= 15 is 0 Å². The fourth-order valence-electron chi connectivity index (χ4n) is 0.744. The molecule has 6 heteroatoms. The predicted molar refractivity (Wildman–Crippen MR) is 51.2 cm³/mol. The number of nitrogens with zero attached hydrogens (tertiary/aromatic N) is 1. The van der Waals surface area contributed by atoms with E-state index in [2.05, 4.69) is 9.99 Å². The second kappa shape index (κ2) is 7.06. The van der Waals surface area contributed by atoms with Crippen LogP contribution in [0.15, 0.2) is 5.16 Å². The highest BCUT2D eigenvalue weighted by molar-refractivity contribution is 7.54. The van der Waals surface area contributed by atoms with Crippen molar-refractivity contribution in [2.75, 3.05) is 26.5 Å². The summed E-state index contributed by atoms with van der Waals surface area (Å²) in [4.78, 5) is 4.43. The van der Waals surface area contributed by atoms with Gasteiger partial charge in [0.05, 0.1) is 25.6 Å². The van der Waals surface area contributed by atoms with Crippen LogP contribution in [-0.4, -0.2) is 32.7 Å². The first kappa shape index (κ1) is 12.6. The van der Waals surface area contributed by atoms with Gasteiger partial charge in [-0.05, 0) is 13.8 Å². The first-order chi connectivity index (χ1) is 6.18. The zero-order valence-corrected chi connectivity index (χ0v) is 9.12. The normalized spacial score (nSPS) is 12.2. The van der Waals surface area contributed by atoms with Gasteiger partial charge in [0, 0.05) is 0 Å². The van der Waals surface area contributed by atoms with Crippen LogP contribution < -0.4 is 0 Å². The zero-order valence-electron chi connectivity index (χ0n) is 8.23. The van der Waals surface area contributed by atoms with Crippen LogP contribution >= 0.6 is 7.60 Å². The first-order valence-corrected chi connectivity index (χ1v) is 5.84. The summed E-state index contributed by atoms with van der Waals surface area (Å²) >= 11 is 0. The maximum atomic E-state index is 11.7. The SMILES string of the molecule is CCOP(=O)(C/C=N/OC)OCC. The van der Waals surface area contributed by atoms with Crippen molar-refractivity contribution < 1.29 is 18.5 Å². The Labute approximate surface area is 78.6 Å². The van der Waals surface area contributed by atoms with Gasteiger partial charge in [0.2, 0.25) is 0 Å². The Kier molecular flexibility index (Phi) is 6.86. The number of rotatable bonds is 7. The molecule has 0 aliphatic heterocycles. The van der Waals surface area contributed by atoms with E-state index in [-0.39, 0.29) is 6.16 Å². The topological polar surface area (TPSA) is 57.1 Å². The van der Waals surface area contributed by atoms with Crippen molar-refractivity contribution in [2.45, 2.75) is 13.8 Å². The van der Waals surface area contributed by atoms with E-state index < -0.39 is 7.60 Å². The van der Waals surface area contributed by atoms with Gasteiger partial charge in [-0.25, -0.2) is 0 Å². The van der Waals surface area contributed by atoms with Gasteiger partial charge in [-0.15, -0.1) is 0 Å². The lowest BCUT2D eigenvalue weighted by atomic mass is 10.9. The third-order valence-electron chi connectivity index (χ3n) is 1.14. The van der Waals surface area contributed by atoms with Crippen molar-refractivity contribution in [1.82, 2.24) is 0 Å². The molecule has 0 heterocycles. The fourth-order valence-corrected chi connectivity index (χ4v) is 2.08. The van der Waals surface area contributed by atoms with Gasteiger partial charge < -0.3 is 13.9 Å². The lowest BCUT2D eigenvalue weighted by Gasteiger charge is -2.14. The highest BCUT2D eigenvalue weighted by Crippen LogP contribution is 2.46. The second-order valence-electron chi connectivity index (χ2n) is 2.10. The van der Waals surface area contributed by atoms with Crippen LogP contribution in [-0.2, 0) is 18.5 Å². The summed E-state index contributed by atoms with van der Waals surface area (Å²) in [6.45, 7) is 4.24. The van der Waals surface area contributed by atoms with E-state index in [1.54, 1.807) is 13.8 Å². The Balaban J connectivity index is 4.07. The third-order valence-corrected chi connectivity index (χ3v) is 3.05. The van der Waals surface area contributed by atoms with Crippen LogP contribution in [0.25, 0.3) is 0 Å². The third kappa shape index (κ3) is 5.80. The van der Waals surface area contributed by atoms with Crippen molar-refractivity contribution in [3.63, 3.8) is 0 Å². The van der Waals surface area contributed by atoms with Gasteiger partial charge in [-0.1, -0.05) is 5.16 Å². The molecule has 0 saturated heterocycles. The van der Waals surface area contributed by atoms with Crippen LogP contribution in [0.1, 0.15) is 13.8 Å². The van der Waals surface area contributed by atoms with E-state index in [0.29, 0.717) is 13.2 Å². The molecular weight excluding hydrogens is 193 g/mol. The van der Waals surface area contributed by atoms with Crippen LogP contribution in [0, 0.1) is 0 Å². The molecule has 5 nitrogen and oxygen atoms in total. The van der Waals surface area contributed by atoms with Gasteiger partial charge in [-0.3, -0.25) is 4.57 Å². The van der Waals surface area contributed by atoms with Gasteiger partial charge >= 0.3 is 7.60 Å². The Morgan fingerprint density at radius 3 is 2.23 bits per heavy atom. The maximum absolute atomic E-state index is 11.7. The highest BCUT2D eigenvalue weighted by Gasteiger charge is 2.21. The molecule has 78 valence electrons. The molecule has 0 aromatic carbocycles. The average Bonchev–Trinajstić information content (AvgIpc) is 2.05. The van der Waals surface area contributed by atoms with E-state index in [4.69, 9.17) is 9.05 Å². The molecule has 0 aliphatic carbocycles. The Morgan fingerprint density at radius 1 is 1.31 bits per heavy atom. The number of oxime groups is 1. The molecule has 0 saturated carbocycles. The lowest BCUT2D eigenvalue weighted by molar-refractivity contribution is 0.212. The Morgan fingerprint density at radius 2 is 1.85 bits per heavy atom. The van der Waals surface area contributed by atoms with Crippen molar-refractivity contribution in [3.05, 3.63) is 0 Å². The Bertz CT molecular complexity index is 185. The van der Waals surface area contributed by atoms with Crippen molar-refractivity contribution in [2.24, 2.45) is 5.16 Å². The van der Waals surface area contributed by atoms with Crippen molar-refractivity contribution >= 4 is 13.8 Å². The molecule has 13 heavy (non-hydrogen) atoms. The zero-order chi connectivity index (χ0) is 10.2. The predicted octanol–water partition coefficient (Wildman–Crippen LogP) is 1.88. The second-order valence-corrected chi connectivity index (χ2v) is 4.20. The lowest BCUT2D eigenvalue weighted by Crippen LogP contribution is -2.01. The van der Waals surface area contributed by atoms with E-state index in [1.165, 1.54) is 13.3 Å². The molecule has 0 N–H and O–H groups in total. The largest absolute Gasteiger partial charge is 0.399 e. The van der Waals surface area contributed by atoms with E-state index in [9.17, 15) is 4.57 Å². The molecule has 0 aromatic heterocycles. The minimum atomic E-state index is -2.98. The minimum Gasteiger partial charge on any atom is -0.399 e. The van der Waals surface area contributed by atoms with Gasteiger partial charge in [0.1, 0.15) is 7.11 Å². The summed E-state index contributed by atoms with van der Waals surface area (Å²) in [5, 5.41) is 3.46. The van der Waals surface area contributed by atoms with Crippen LogP contribution in [0.2, 0.25) is 0 Å². The molecule has 0 unspecified atom stereocenters. The van der Waals surface area contributed by atoms with E-state index in [0.717, 1.165) is 0 Å². The molecule has 0 radical (unpaired) electrons. The molecule has 0 atom stereocenters. The molecule has 0 bridgehead atoms. The van der Waals surface area contributed by atoms with Crippen LogP contribution in [0.5, 0.6) is 0 Å². The minimum absolute atomic E-state index is 0.141. The summed E-state index contributed by atoms with van der Waals surface area (Å²) in [7, 11) is -1.56. The molecular formula is C7H16NO4P. The molecule has 0 amide bonds. The summed E-state index contributed by atoms with van der Waals surface area (Å²) in [6.07, 6.45) is 1.52. The van der Waals surface area contributed by atoms with E-state index in [1.807, 2.05) is 0 Å². The van der Waals surface area contributed by atoms with Crippen molar-refractivity contribution in [3.8, 4) is 0 Å². The molecule has 0 aromatic rings. The number of hydrogen-bond donors (Lipinski definition) is 0. The van der Waals surface area contributed by atoms with Crippen molar-refractivity contribution in [1.29, 1.82) is 0 Å². The standard InChI is InChI=1S/C7H16NO4P/c1-4-11-13(9,12-5-2)7-6-8-10-3/h6H,4-5,7H2,1-3H3/b8-6+. The summed E-state index contributed by atoms with van der Waals surface area (Å²) < 4.78 is 21.7. The first-order valence-electron chi connectivity index (χ1n) is 4.11. The monoisotopic (exact) mass is 209 g/mol. The van der Waals surface area contributed by atoms with Gasteiger partial charge in [0.25, 0.3) is 0 Å².